The molecule has 0 saturated carbocycles. The zero-order valence-electron chi connectivity index (χ0n) is 12.3. The zero-order valence-corrected chi connectivity index (χ0v) is 13.1. The zero-order chi connectivity index (χ0) is 15.4. The van der Waals surface area contributed by atoms with Crippen molar-refractivity contribution >= 4 is 17.7 Å². The number of fused-ring (bicyclic) bond motifs is 1. The van der Waals surface area contributed by atoms with Gasteiger partial charge in [-0.05, 0) is 42.4 Å². The summed E-state index contributed by atoms with van der Waals surface area (Å²) in [6.45, 7) is 0.581. The van der Waals surface area contributed by atoms with Crippen LogP contribution in [-0.4, -0.2) is 25.9 Å². The van der Waals surface area contributed by atoms with Gasteiger partial charge in [-0.1, -0.05) is 18.2 Å². The number of carboxylic acid groups (broad SMARTS) is 1. The molecule has 2 N–H and O–H groups in total. The fourth-order valence-corrected chi connectivity index (χ4v) is 3.43. The molecule has 1 aliphatic carbocycles. The molecule has 3 rings (SSSR count). The highest BCUT2D eigenvalue weighted by molar-refractivity contribution is 6.99. The minimum Gasteiger partial charge on any atom is -0.480 e. The highest BCUT2D eigenvalue weighted by atomic mass is 32.1. The normalized spacial score (nSPS) is 15.3. The molecule has 6 heteroatoms. The van der Waals surface area contributed by atoms with E-state index >= 15 is 0 Å². The molecule has 0 aliphatic heterocycles. The van der Waals surface area contributed by atoms with Crippen LogP contribution >= 0.6 is 11.7 Å². The molecule has 0 spiro atoms. The number of carboxylic acids is 1. The van der Waals surface area contributed by atoms with E-state index in [1.54, 1.807) is 6.20 Å². The molecule has 1 aromatic heterocycles. The third-order valence-corrected chi connectivity index (χ3v) is 4.67. The second-order valence-electron chi connectivity index (χ2n) is 5.64. The number of aromatic nitrogens is 2. The first-order valence-electron chi connectivity index (χ1n) is 7.56. The Morgan fingerprint density at radius 3 is 3.00 bits per heavy atom. The number of carbonyl (C=O) groups is 1. The summed E-state index contributed by atoms with van der Waals surface area (Å²) in [5.41, 5.74) is 4.77. The lowest BCUT2D eigenvalue weighted by atomic mass is 9.88. The fraction of sp³-hybridized carbons (Fsp3) is 0.438. The van der Waals surface area contributed by atoms with Crippen LogP contribution in [0.3, 0.4) is 0 Å². The number of hydrogen-bond donors (Lipinski definition) is 2. The van der Waals surface area contributed by atoms with Crippen LogP contribution in [0.4, 0.5) is 0 Å². The van der Waals surface area contributed by atoms with Crippen molar-refractivity contribution in [2.24, 2.45) is 0 Å². The maximum Gasteiger partial charge on any atom is 0.321 e. The summed E-state index contributed by atoms with van der Waals surface area (Å²) >= 11 is 1.11. The van der Waals surface area contributed by atoms with Gasteiger partial charge in [0.1, 0.15) is 6.04 Å². The van der Waals surface area contributed by atoms with Crippen LogP contribution in [0.25, 0.3) is 0 Å². The maximum absolute atomic E-state index is 11.4. The Bertz CT molecular complexity index is 643. The quantitative estimate of drug-likeness (QED) is 0.854. The summed E-state index contributed by atoms with van der Waals surface area (Å²) in [7, 11) is 0. The molecular formula is C16H19N3O2S. The topological polar surface area (TPSA) is 75.1 Å². The molecule has 5 nitrogen and oxygen atoms in total. The molecule has 0 amide bonds. The Morgan fingerprint density at radius 1 is 1.36 bits per heavy atom. The third-order valence-electron chi connectivity index (χ3n) is 4.15. The van der Waals surface area contributed by atoms with Crippen molar-refractivity contribution in [2.75, 3.05) is 0 Å². The molecular weight excluding hydrogens is 298 g/mol. The standard InChI is InChI=1S/C16H19N3O2S/c20-16(21)15(8-13-10-18-22-19-13)17-9-12-6-3-5-11-4-1-2-7-14(11)12/h3,5-6,10,15,17H,1-2,4,7-9H2,(H,20,21). The molecule has 0 saturated heterocycles. The second kappa shape index (κ2) is 6.98. The Labute approximate surface area is 133 Å². The van der Waals surface area contributed by atoms with E-state index in [2.05, 4.69) is 32.3 Å². The van der Waals surface area contributed by atoms with Crippen molar-refractivity contribution in [3.63, 3.8) is 0 Å². The molecule has 1 aromatic carbocycles. The molecule has 2 aromatic rings. The minimum atomic E-state index is -0.849. The molecule has 1 unspecified atom stereocenters. The van der Waals surface area contributed by atoms with Gasteiger partial charge in [-0.15, -0.1) is 0 Å². The first-order valence-corrected chi connectivity index (χ1v) is 8.29. The molecule has 1 heterocycles. The van der Waals surface area contributed by atoms with Crippen molar-refractivity contribution in [3.8, 4) is 0 Å². The number of benzene rings is 1. The van der Waals surface area contributed by atoms with Gasteiger partial charge in [0.25, 0.3) is 0 Å². The second-order valence-corrected chi connectivity index (χ2v) is 6.19. The molecule has 0 radical (unpaired) electrons. The van der Waals surface area contributed by atoms with Gasteiger partial charge in [-0.25, -0.2) is 0 Å². The Hall–Kier alpha value is -1.79. The molecule has 0 bridgehead atoms. The van der Waals surface area contributed by atoms with E-state index in [4.69, 9.17) is 0 Å². The summed E-state index contributed by atoms with van der Waals surface area (Å²) in [5.74, 6) is -0.849. The maximum atomic E-state index is 11.4. The summed E-state index contributed by atoms with van der Waals surface area (Å²) in [4.78, 5) is 11.4. The van der Waals surface area contributed by atoms with Crippen molar-refractivity contribution < 1.29 is 9.90 Å². The average molecular weight is 317 g/mol. The van der Waals surface area contributed by atoms with E-state index in [-0.39, 0.29) is 0 Å². The Morgan fingerprint density at radius 2 is 2.23 bits per heavy atom. The Balaban J connectivity index is 1.68. The van der Waals surface area contributed by atoms with Crippen molar-refractivity contribution in [2.45, 2.75) is 44.7 Å². The SMILES string of the molecule is O=C(O)C(Cc1cnsn1)NCc1cccc2c1CCCC2. The molecule has 22 heavy (non-hydrogen) atoms. The van der Waals surface area contributed by atoms with Crippen LogP contribution in [0.15, 0.2) is 24.4 Å². The van der Waals surface area contributed by atoms with Gasteiger partial charge in [0.15, 0.2) is 0 Å². The summed E-state index contributed by atoms with van der Waals surface area (Å²) in [6.07, 6.45) is 6.69. The van der Waals surface area contributed by atoms with E-state index < -0.39 is 12.0 Å². The minimum absolute atomic E-state index is 0.362. The van der Waals surface area contributed by atoms with Crippen LogP contribution in [0.5, 0.6) is 0 Å². The van der Waals surface area contributed by atoms with E-state index in [9.17, 15) is 9.90 Å². The van der Waals surface area contributed by atoms with Crippen molar-refractivity contribution in [1.29, 1.82) is 0 Å². The van der Waals surface area contributed by atoms with E-state index in [0.29, 0.717) is 13.0 Å². The van der Waals surface area contributed by atoms with E-state index in [1.165, 1.54) is 29.5 Å². The lowest BCUT2D eigenvalue weighted by molar-refractivity contribution is -0.139. The summed E-state index contributed by atoms with van der Waals surface area (Å²) in [6, 6.07) is 5.72. The van der Waals surface area contributed by atoms with Gasteiger partial charge in [0.05, 0.1) is 23.6 Å². The highest BCUT2D eigenvalue weighted by Gasteiger charge is 2.20. The number of aryl methyl sites for hydroxylation is 1. The number of aliphatic carboxylic acids is 1. The van der Waals surface area contributed by atoms with Crippen LogP contribution in [0.2, 0.25) is 0 Å². The number of rotatable bonds is 6. The molecule has 1 atom stereocenters. The van der Waals surface area contributed by atoms with Crippen LogP contribution in [0.1, 0.15) is 35.2 Å². The van der Waals surface area contributed by atoms with Gasteiger partial charge < -0.3 is 5.11 Å². The van der Waals surface area contributed by atoms with Crippen LogP contribution in [-0.2, 0) is 30.6 Å². The number of nitrogens with one attached hydrogen (secondary N) is 1. The fourth-order valence-electron chi connectivity index (χ4n) is 2.99. The third kappa shape index (κ3) is 3.51. The number of hydrogen-bond acceptors (Lipinski definition) is 5. The molecule has 1 aliphatic rings. The van der Waals surface area contributed by atoms with Crippen LogP contribution in [0, 0.1) is 0 Å². The van der Waals surface area contributed by atoms with E-state index in [1.807, 2.05) is 0 Å². The van der Waals surface area contributed by atoms with E-state index in [0.717, 1.165) is 30.3 Å². The molecule has 116 valence electrons. The largest absolute Gasteiger partial charge is 0.480 e. The first-order chi connectivity index (χ1) is 10.7. The van der Waals surface area contributed by atoms with Gasteiger partial charge in [0.2, 0.25) is 0 Å². The Kier molecular flexibility index (Phi) is 4.80. The smallest absolute Gasteiger partial charge is 0.321 e. The van der Waals surface area contributed by atoms with Gasteiger partial charge in [-0.2, -0.15) is 8.75 Å². The van der Waals surface area contributed by atoms with Gasteiger partial charge in [-0.3, -0.25) is 10.1 Å². The highest BCUT2D eigenvalue weighted by Crippen LogP contribution is 2.24. The van der Waals surface area contributed by atoms with Crippen LogP contribution < -0.4 is 5.32 Å². The average Bonchev–Trinajstić information content (AvgIpc) is 3.04. The lowest BCUT2D eigenvalue weighted by Crippen LogP contribution is -2.38. The predicted octanol–water partition coefficient (Wildman–Crippen LogP) is 2.20. The summed E-state index contributed by atoms with van der Waals surface area (Å²) < 4.78 is 8.01. The predicted molar refractivity (Wildman–Crippen MR) is 85.0 cm³/mol. The summed E-state index contributed by atoms with van der Waals surface area (Å²) in [5, 5.41) is 12.5. The van der Waals surface area contributed by atoms with Gasteiger partial charge in [0, 0.05) is 13.0 Å². The monoisotopic (exact) mass is 317 g/mol. The first kappa shape index (κ1) is 15.1. The van der Waals surface area contributed by atoms with Gasteiger partial charge >= 0.3 is 5.97 Å². The lowest BCUT2D eigenvalue weighted by Gasteiger charge is -2.21. The number of nitrogens with zero attached hydrogens (tertiary/aromatic N) is 2. The van der Waals surface area contributed by atoms with Crippen molar-refractivity contribution in [1.82, 2.24) is 14.1 Å². The molecule has 0 fully saturated rings. The van der Waals surface area contributed by atoms with Crippen molar-refractivity contribution in [3.05, 3.63) is 46.8 Å².